The summed E-state index contributed by atoms with van der Waals surface area (Å²) < 4.78 is 31.8. The molecule has 0 aliphatic carbocycles. The van der Waals surface area contributed by atoms with E-state index in [0.717, 1.165) is 16.2 Å². The first-order chi connectivity index (χ1) is 8.93. The van der Waals surface area contributed by atoms with Crippen LogP contribution in [0.2, 0.25) is 0 Å². The molecule has 1 aliphatic rings. The largest absolute Gasteiger partial charge is 0.382 e. The quantitative estimate of drug-likeness (QED) is 0.870. The summed E-state index contributed by atoms with van der Waals surface area (Å²) in [5, 5.41) is 2.49. The number of nitrogens with two attached hydrogens (primary N) is 1. The van der Waals surface area contributed by atoms with Gasteiger partial charge < -0.3 is 20.7 Å². The van der Waals surface area contributed by atoms with Crippen molar-refractivity contribution >= 4 is 22.5 Å². The summed E-state index contributed by atoms with van der Waals surface area (Å²) in [5.41, 5.74) is 5.53. The molecule has 1 atom stereocenters. The predicted octanol–water partition coefficient (Wildman–Crippen LogP) is 1.07. The van der Waals surface area contributed by atoms with Crippen LogP contribution in [0.4, 0.5) is 18.7 Å². The van der Waals surface area contributed by atoms with E-state index in [9.17, 15) is 13.6 Å². The number of carbonyl (C=O) groups is 1. The van der Waals surface area contributed by atoms with Gasteiger partial charge in [0.15, 0.2) is 5.13 Å². The Labute approximate surface area is 112 Å². The van der Waals surface area contributed by atoms with Crippen LogP contribution >= 0.6 is 11.3 Å². The smallest absolute Gasteiger partial charge is 0.318 e. The number of thiazole rings is 1. The van der Waals surface area contributed by atoms with Gasteiger partial charge in [-0.05, 0) is 0 Å². The minimum atomic E-state index is -2.96. The number of methoxy groups -OCH3 is 1. The number of urea groups is 1. The van der Waals surface area contributed by atoms with Crippen LogP contribution in [-0.4, -0.2) is 48.6 Å². The number of aromatic nitrogens is 1. The maximum atomic E-state index is 13.4. The summed E-state index contributed by atoms with van der Waals surface area (Å²) in [6, 6.07) is -1.16. The third-order valence-corrected chi connectivity index (χ3v) is 3.66. The summed E-state index contributed by atoms with van der Waals surface area (Å²) in [6.45, 7) is -1.19. The van der Waals surface area contributed by atoms with Crippen LogP contribution in [0.1, 0.15) is 10.9 Å². The molecule has 0 bridgehead atoms. The molecule has 1 aliphatic heterocycles. The Morgan fingerprint density at radius 3 is 3.05 bits per heavy atom. The van der Waals surface area contributed by atoms with E-state index in [1.807, 2.05) is 0 Å². The molecule has 3 N–H and O–H groups in total. The Kier molecular flexibility index (Phi) is 3.85. The second-order valence-electron chi connectivity index (χ2n) is 4.21. The number of ether oxygens (including phenoxy) is 1. The second-order valence-corrected chi connectivity index (χ2v) is 5.31. The van der Waals surface area contributed by atoms with Gasteiger partial charge in [-0.1, -0.05) is 0 Å². The normalized spacial score (nSPS) is 20.2. The van der Waals surface area contributed by atoms with Crippen LogP contribution < -0.4 is 11.1 Å². The molecule has 9 heteroatoms. The van der Waals surface area contributed by atoms with E-state index in [1.165, 1.54) is 13.3 Å². The zero-order chi connectivity index (χ0) is 14.0. The molecule has 106 valence electrons. The van der Waals surface area contributed by atoms with Crippen LogP contribution in [0.3, 0.4) is 0 Å². The van der Waals surface area contributed by atoms with E-state index >= 15 is 0 Å². The Morgan fingerprint density at radius 2 is 2.47 bits per heavy atom. The molecule has 1 saturated heterocycles. The number of nitrogens with one attached hydrogen (secondary N) is 1. The Bertz CT molecular complexity index is 468. The Hall–Kier alpha value is -1.48. The molecule has 1 unspecified atom stereocenters. The molecule has 2 rings (SSSR count). The van der Waals surface area contributed by atoms with Crippen molar-refractivity contribution in [1.82, 2.24) is 15.2 Å². The van der Waals surface area contributed by atoms with Crippen molar-refractivity contribution < 1.29 is 18.3 Å². The van der Waals surface area contributed by atoms with Crippen LogP contribution in [0.5, 0.6) is 0 Å². The number of alkyl halides is 2. The summed E-state index contributed by atoms with van der Waals surface area (Å²) in [4.78, 5) is 17.3. The van der Waals surface area contributed by atoms with Crippen molar-refractivity contribution in [3.05, 3.63) is 11.1 Å². The molecule has 2 amide bonds. The van der Waals surface area contributed by atoms with Crippen molar-refractivity contribution in [3.63, 3.8) is 0 Å². The summed E-state index contributed by atoms with van der Waals surface area (Å²) >= 11 is 1.15. The SMILES string of the molecule is COCC(c1cnc(N)s1)N1CC(F)(F)CNC1=O. The molecule has 0 saturated carbocycles. The van der Waals surface area contributed by atoms with E-state index in [0.29, 0.717) is 10.0 Å². The summed E-state index contributed by atoms with van der Waals surface area (Å²) in [5.74, 6) is -2.96. The fraction of sp³-hybridized carbons (Fsp3) is 0.600. The highest BCUT2D eigenvalue weighted by Gasteiger charge is 2.42. The summed E-state index contributed by atoms with van der Waals surface area (Å²) in [7, 11) is 1.44. The zero-order valence-corrected chi connectivity index (χ0v) is 11.0. The van der Waals surface area contributed by atoms with E-state index < -0.39 is 31.1 Å². The Balaban J connectivity index is 2.24. The van der Waals surface area contributed by atoms with Crippen molar-refractivity contribution in [2.24, 2.45) is 0 Å². The van der Waals surface area contributed by atoms with Crippen LogP contribution in [0.25, 0.3) is 0 Å². The standard InChI is InChI=1S/C10H14F2N4O2S/c1-18-3-6(7-2-14-8(13)19-7)16-5-10(11,12)4-15-9(16)17/h2,6H,3-5H2,1H3,(H2,13,14)(H,15,17). The fourth-order valence-corrected chi connectivity index (χ4v) is 2.66. The molecule has 0 aromatic carbocycles. The molecule has 6 nitrogen and oxygen atoms in total. The highest BCUT2D eigenvalue weighted by molar-refractivity contribution is 7.15. The van der Waals surface area contributed by atoms with E-state index in [-0.39, 0.29) is 6.61 Å². The lowest BCUT2D eigenvalue weighted by atomic mass is 10.1. The lowest BCUT2D eigenvalue weighted by Gasteiger charge is -2.37. The van der Waals surface area contributed by atoms with Gasteiger partial charge in [-0.15, -0.1) is 11.3 Å². The number of nitrogens with zero attached hydrogens (tertiary/aromatic N) is 2. The minimum Gasteiger partial charge on any atom is -0.382 e. The van der Waals surface area contributed by atoms with Crippen molar-refractivity contribution in [2.75, 3.05) is 32.5 Å². The second kappa shape index (κ2) is 5.25. The van der Waals surface area contributed by atoms with Crippen molar-refractivity contribution in [1.29, 1.82) is 0 Å². The third-order valence-electron chi connectivity index (χ3n) is 2.73. The monoisotopic (exact) mass is 292 g/mol. The number of halogens is 2. The van der Waals surface area contributed by atoms with E-state index in [2.05, 4.69) is 10.3 Å². The lowest BCUT2D eigenvalue weighted by Crippen LogP contribution is -2.58. The first kappa shape index (κ1) is 13.9. The number of hydrogen-bond acceptors (Lipinski definition) is 5. The highest BCUT2D eigenvalue weighted by Crippen LogP contribution is 2.31. The summed E-state index contributed by atoms with van der Waals surface area (Å²) in [6.07, 6.45) is 1.48. The van der Waals surface area contributed by atoms with Gasteiger partial charge in [0.25, 0.3) is 5.92 Å². The lowest BCUT2D eigenvalue weighted by molar-refractivity contribution is -0.0505. The predicted molar refractivity (Wildman–Crippen MR) is 66.2 cm³/mol. The fourth-order valence-electron chi connectivity index (χ4n) is 1.87. The number of hydrogen-bond donors (Lipinski definition) is 2. The average molecular weight is 292 g/mol. The maximum absolute atomic E-state index is 13.4. The number of rotatable bonds is 4. The van der Waals surface area contributed by atoms with Gasteiger partial charge in [-0.3, -0.25) is 0 Å². The average Bonchev–Trinajstić information content (AvgIpc) is 2.76. The molecule has 1 aromatic rings. The molecule has 0 spiro atoms. The highest BCUT2D eigenvalue weighted by atomic mass is 32.1. The van der Waals surface area contributed by atoms with Gasteiger partial charge in [-0.2, -0.15) is 0 Å². The van der Waals surface area contributed by atoms with Crippen LogP contribution in [-0.2, 0) is 4.74 Å². The zero-order valence-electron chi connectivity index (χ0n) is 10.2. The molecule has 1 fully saturated rings. The van der Waals surface area contributed by atoms with E-state index in [1.54, 1.807) is 0 Å². The van der Waals surface area contributed by atoms with Gasteiger partial charge in [0.1, 0.15) is 0 Å². The number of carbonyl (C=O) groups excluding carboxylic acids is 1. The molecular formula is C10H14F2N4O2S. The van der Waals surface area contributed by atoms with Crippen LogP contribution in [0.15, 0.2) is 6.20 Å². The molecular weight excluding hydrogens is 278 g/mol. The number of anilines is 1. The molecule has 2 heterocycles. The first-order valence-corrected chi connectivity index (χ1v) is 6.37. The van der Waals surface area contributed by atoms with Gasteiger partial charge in [0, 0.05) is 13.3 Å². The van der Waals surface area contributed by atoms with E-state index in [4.69, 9.17) is 10.5 Å². The van der Waals surface area contributed by atoms with Gasteiger partial charge in [-0.25, -0.2) is 18.6 Å². The van der Waals surface area contributed by atoms with Gasteiger partial charge in [0.05, 0.1) is 30.6 Å². The number of nitrogen functional groups attached to an aromatic ring is 1. The Morgan fingerprint density at radius 1 is 1.74 bits per heavy atom. The third kappa shape index (κ3) is 3.10. The molecule has 1 aromatic heterocycles. The van der Waals surface area contributed by atoms with Crippen molar-refractivity contribution in [3.8, 4) is 0 Å². The van der Waals surface area contributed by atoms with Crippen molar-refractivity contribution in [2.45, 2.75) is 12.0 Å². The molecule has 0 radical (unpaired) electrons. The maximum Gasteiger partial charge on any atom is 0.318 e. The number of amides is 2. The van der Waals surface area contributed by atoms with Crippen LogP contribution in [0, 0.1) is 0 Å². The van der Waals surface area contributed by atoms with Gasteiger partial charge in [0.2, 0.25) is 0 Å². The minimum absolute atomic E-state index is 0.102. The topological polar surface area (TPSA) is 80.5 Å². The van der Waals surface area contributed by atoms with Gasteiger partial charge >= 0.3 is 6.03 Å². The molecule has 19 heavy (non-hydrogen) atoms. The first-order valence-electron chi connectivity index (χ1n) is 5.55.